The van der Waals surface area contributed by atoms with Crippen LogP contribution in [-0.4, -0.2) is 26.3 Å². The molecule has 16 heavy (non-hydrogen) atoms. The fourth-order valence-electron chi connectivity index (χ4n) is 1.84. The van der Waals surface area contributed by atoms with Crippen LogP contribution in [0, 0.1) is 0 Å². The van der Waals surface area contributed by atoms with Crippen molar-refractivity contribution in [3.63, 3.8) is 0 Å². The monoisotopic (exact) mass is 238 g/mol. The number of carboxylic acid groups (broad SMARTS) is 1. The molecule has 2 rings (SSSR count). The van der Waals surface area contributed by atoms with Crippen LogP contribution in [0.25, 0.3) is 0 Å². The van der Waals surface area contributed by atoms with Gasteiger partial charge in [0.2, 0.25) is 0 Å². The number of thioether (sulfide) groups is 1. The van der Waals surface area contributed by atoms with Gasteiger partial charge in [-0.2, -0.15) is 0 Å². The maximum Gasteiger partial charge on any atom is 0.356 e. The second-order valence-corrected chi connectivity index (χ2v) is 5.24. The highest BCUT2D eigenvalue weighted by atomic mass is 32.2. The van der Waals surface area contributed by atoms with E-state index in [0.29, 0.717) is 5.25 Å². The summed E-state index contributed by atoms with van der Waals surface area (Å²) in [5.41, 5.74) is 0.00740. The zero-order valence-corrected chi connectivity index (χ0v) is 9.74. The summed E-state index contributed by atoms with van der Waals surface area (Å²) in [5.74, 6) is -1.03. The molecule has 1 heterocycles. The Morgan fingerprint density at radius 2 is 2.00 bits per heavy atom. The molecule has 86 valence electrons. The van der Waals surface area contributed by atoms with Gasteiger partial charge in [-0.1, -0.05) is 19.3 Å². The molecule has 1 aromatic heterocycles. The summed E-state index contributed by atoms with van der Waals surface area (Å²) in [6.07, 6.45) is 9.26. The molecule has 1 aliphatic carbocycles. The van der Waals surface area contributed by atoms with Crippen LogP contribution in [0.5, 0.6) is 0 Å². The molecule has 0 saturated heterocycles. The fraction of sp³-hybridized carbons (Fsp3) is 0.545. The first-order valence-electron chi connectivity index (χ1n) is 5.48. The summed E-state index contributed by atoms with van der Waals surface area (Å²) in [6, 6.07) is 0. The molecule has 1 N–H and O–H groups in total. The molecule has 0 radical (unpaired) electrons. The van der Waals surface area contributed by atoms with Crippen LogP contribution >= 0.6 is 11.8 Å². The first kappa shape index (κ1) is 11.4. The number of aromatic nitrogens is 2. The molecule has 5 heteroatoms. The van der Waals surface area contributed by atoms with Gasteiger partial charge in [-0.25, -0.2) is 14.8 Å². The van der Waals surface area contributed by atoms with Gasteiger partial charge in [0.15, 0.2) is 5.69 Å². The Morgan fingerprint density at radius 1 is 1.25 bits per heavy atom. The number of carboxylic acids is 1. The Bertz CT molecular complexity index is 361. The summed E-state index contributed by atoms with van der Waals surface area (Å²) < 4.78 is 0. The molecule has 4 nitrogen and oxygen atoms in total. The van der Waals surface area contributed by atoms with Gasteiger partial charge in [-0.3, -0.25) is 0 Å². The van der Waals surface area contributed by atoms with Crippen molar-refractivity contribution in [1.29, 1.82) is 0 Å². The van der Waals surface area contributed by atoms with Crippen LogP contribution in [0.4, 0.5) is 0 Å². The van der Waals surface area contributed by atoms with Gasteiger partial charge < -0.3 is 5.11 Å². The normalized spacial score (nSPS) is 17.2. The van der Waals surface area contributed by atoms with Gasteiger partial charge in [-0.05, 0) is 12.8 Å². The van der Waals surface area contributed by atoms with E-state index >= 15 is 0 Å². The third-order valence-electron chi connectivity index (χ3n) is 2.69. The first-order valence-corrected chi connectivity index (χ1v) is 6.35. The Hall–Kier alpha value is -1.10. The molecule has 1 saturated carbocycles. The van der Waals surface area contributed by atoms with Gasteiger partial charge in [0.1, 0.15) is 5.03 Å². The number of nitrogens with zero attached hydrogens (tertiary/aromatic N) is 2. The van der Waals surface area contributed by atoms with Crippen molar-refractivity contribution in [2.75, 3.05) is 0 Å². The summed E-state index contributed by atoms with van der Waals surface area (Å²) in [7, 11) is 0. The van der Waals surface area contributed by atoms with Gasteiger partial charge in [-0.15, -0.1) is 11.8 Å². The smallest absolute Gasteiger partial charge is 0.356 e. The summed E-state index contributed by atoms with van der Waals surface area (Å²) >= 11 is 1.72. The minimum absolute atomic E-state index is 0.00740. The van der Waals surface area contributed by atoms with Crippen molar-refractivity contribution in [3.05, 3.63) is 18.1 Å². The van der Waals surface area contributed by atoms with E-state index in [1.54, 1.807) is 18.0 Å². The van der Waals surface area contributed by atoms with E-state index in [1.807, 2.05) is 0 Å². The molecule has 0 unspecified atom stereocenters. The standard InChI is InChI=1S/C11H14N2O2S/c14-11(15)9-6-13-10(7-12-9)16-8-4-2-1-3-5-8/h6-8H,1-5H2,(H,14,15). The molecule has 0 amide bonds. The number of rotatable bonds is 3. The van der Waals surface area contributed by atoms with Gasteiger partial charge >= 0.3 is 5.97 Å². The minimum atomic E-state index is -1.03. The highest BCUT2D eigenvalue weighted by Crippen LogP contribution is 2.32. The third-order valence-corrected chi connectivity index (χ3v) is 3.94. The van der Waals surface area contributed by atoms with Crippen LogP contribution in [0.15, 0.2) is 17.4 Å². The highest BCUT2D eigenvalue weighted by Gasteiger charge is 2.15. The number of aromatic carboxylic acids is 1. The molecular formula is C11H14N2O2S. The lowest BCUT2D eigenvalue weighted by molar-refractivity contribution is 0.0689. The number of carbonyl (C=O) groups is 1. The largest absolute Gasteiger partial charge is 0.476 e. The fourth-order valence-corrected chi connectivity index (χ4v) is 2.98. The van der Waals surface area contributed by atoms with Gasteiger partial charge in [0.25, 0.3) is 0 Å². The van der Waals surface area contributed by atoms with Crippen molar-refractivity contribution in [3.8, 4) is 0 Å². The van der Waals surface area contributed by atoms with Crippen molar-refractivity contribution >= 4 is 17.7 Å². The Kier molecular flexibility index (Phi) is 3.77. The van der Waals surface area contributed by atoms with Crippen LogP contribution in [0.3, 0.4) is 0 Å². The van der Waals surface area contributed by atoms with Crippen LogP contribution in [0.1, 0.15) is 42.6 Å². The van der Waals surface area contributed by atoms with E-state index < -0.39 is 5.97 Å². The topological polar surface area (TPSA) is 63.1 Å². The average molecular weight is 238 g/mol. The number of hydrogen-bond acceptors (Lipinski definition) is 4. The zero-order valence-electron chi connectivity index (χ0n) is 8.93. The van der Waals surface area contributed by atoms with Crippen molar-refractivity contribution in [2.45, 2.75) is 42.4 Å². The summed E-state index contributed by atoms with van der Waals surface area (Å²) in [6.45, 7) is 0. The van der Waals surface area contributed by atoms with Gasteiger partial charge in [0, 0.05) is 5.25 Å². The zero-order chi connectivity index (χ0) is 11.4. The Morgan fingerprint density at radius 3 is 2.56 bits per heavy atom. The quantitative estimate of drug-likeness (QED) is 0.877. The lowest BCUT2D eigenvalue weighted by atomic mass is 10.0. The summed E-state index contributed by atoms with van der Waals surface area (Å²) in [5, 5.41) is 10.1. The van der Waals surface area contributed by atoms with Crippen LogP contribution in [0.2, 0.25) is 0 Å². The van der Waals surface area contributed by atoms with Crippen molar-refractivity contribution < 1.29 is 9.90 Å². The SMILES string of the molecule is O=C(O)c1cnc(SC2CCCCC2)cn1. The predicted molar refractivity (Wildman–Crippen MR) is 61.7 cm³/mol. The van der Waals surface area contributed by atoms with Crippen LogP contribution < -0.4 is 0 Å². The van der Waals surface area contributed by atoms with E-state index in [0.717, 1.165) is 5.03 Å². The maximum absolute atomic E-state index is 10.6. The van der Waals surface area contributed by atoms with E-state index in [2.05, 4.69) is 9.97 Å². The Balaban J connectivity index is 1.96. The van der Waals surface area contributed by atoms with Crippen molar-refractivity contribution in [2.24, 2.45) is 0 Å². The number of hydrogen-bond donors (Lipinski definition) is 1. The van der Waals surface area contributed by atoms with Crippen LogP contribution in [-0.2, 0) is 0 Å². The highest BCUT2D eigenvalue weighted by molar-refractivity contribution is 7.99. The van der Waals surface area contributed by atoms with E-state index in [4.69, 9.17) is 5.11 Å². The second kappa shape index (κ2) is 5.30. The molecular weight excluding hydrogens is 224 g/mol. The minimum Gasteiger partial charge on any atom is -0.476 e. The molecule has 0 atom stereocenters. The van der Waals surface area contributed by atoms with E-state index in [1.165, 1.54) is 38.3 Å². The first-order chi connectivity index (χ1) is 7.75. The second-order valence-electron chi connectivity index (χ2n) is 3.92. The molecule has 0 aromatic carbocycles. The molecule has 0 bridgehead atoms. The predicted octanol–water partition coefficient (Wildman–Crippen LogP) is 2.60. The van der Waals surface area contributed by atoms with E-state index in [9.17, 15) is 4.79 Å². The van der Waals surface area contributed by atoms with Crippen molar-refractivity contribution in [1.82, 2.24) is 9.97 Å². The molecule has 1 aliphatic rings. The lowest BCUT2D eigenvalue weighted by Gasteiger charge is -2.20. The third kappa shape index (κ3) is 2.95. The summed E-state index contributed by atoms with van der Waals surface area (Å²) in [4.78, 5) is 18.6. The molecule has 1 fully saturated rings. The molecule has 0 aliphatic heterocycles. The molecule has 0 spiro atoms. The molecule has 1 aromatic rings. The van der Waals surface area contributed by atoms with Gasteiger partial charge in [0.05, 0.1) is 12.4 Å². The lowest BCUT2D eigenvalue weighted by Crippen LogP contribution is -2.08. The Labute approximate surface area is 98.5 Å². The average Bonchev–Trinajstić information content (AvgIpc) is 2.31. The van der Waals surface area contributed by atoms with E-state index in [-0.39, 0.29) is 5.69 Å². The maximum atomic E-state index is 10.6.